The van der Waals surface area contributed by atoms with Gasteiger partial charge in [-0.2, -0.15) is 9.97 Å². The van der Waals surface area contributed by atoms with Gasteiger partial charge in [0, 0.05) is 54.8 Å². The number of nitrogens with zero attached hydrogens (tertiary/aromatic N) is 6. The van der Waals surface area contributed by atoms with E-state index in [2.05, 4.69) is 220 Å². The summed E-state index contributed by atoms with van der Waals surface area (Å²) in [6.07, 6.45) is 0. The van der Waals surface area contributed by atoms with E-state index in [1.165, 1.54) is 43.6 Å². The Balaban J connectivity index is 0.942. The Hall–Kier alpha value is -9.39. The van der Waals surface area contributed by atoms with Crippen LogP contribution in [0.4, 0.5) is 0 Å². The Bertz CT molecular complexity index is 3900. The largest absolute Gasteiger partial charge is 0.309 e. The number of benzene rings is 10. The number of hydrogen-bond donors (Lipinski definition) is 0. The molecule has 0 unspecified atom stereocenters. The third-order valence-electron chi connectivity index (χ3n) is 13.7. The standard InChI is InChI=1S/C63H40N6/c1-3-15-43(16-4-1)61-64-62(44-17-5-2-6-18-44)66-63(65-61)69-59-39-45(41-27-33-47(34-28-41)67-55-23-11-7-19-49(55)50-20-8-12-24-56(50)67)31-37-53(59)54-38-32-46(40-60(54)69)42-29-35-48(36-30-42)68-57-25-13-9-21-51(57)52-22-10-14-26-58(52)68/h1-40H. The Morgan fingerprint density at radius 2 is 0.536 bits per heavy atom. The molecule has 0 amide bonds. The fourth-order valence-electron chi connectivity index (χ4n) is 10.5. The van der Waals surface area contributed by atoms with Gasteiger partial charge >= 0.3 is 0 Å². The number of hydrogen-bond acceptors (Lipinski definition) is 3. The first-order valence-corrected chi connectivity index (χ1v) is 23.4. The Morgan fingerprint density at radius 1 is 0.217 bits per heavy atom. The van der Waals surface area contributed by atoms with Crippen LogP contribution in [-0.4, -0.2) is 28.7 Å². The fraction of sp³-hybridized carbons (Fsp3) is 0. The zero-order chi connectivity index (χ0) is 45.4. The second kappa shape index (κ2) is 15.6. The van der Waals surface area contributed by atoms with Crippen LogP contribution in [0, 0.1) is 0 Å². The topological polar surface area (TPSA) is 53.5 Å². The number of para-hydroxylation sites is 4. The summed E-state index contributed by atoms with van der Waals surface area (Å²) in [5, 5.41) is 7.23. The van der Waals surface area contributed by atoms with E-state index in [-0.39, 0.29) is 0 Å². The van der Waals surface area contributed by atoms with Gasteiger partial charge < -0.3 is 9.13 Å². The Kier molecular flexibility index (Phi) is 8.79. The number of fused-ring (bicyclic) bond motifs is 9. The van der Waals surface area contributed by atoms with Crippen molar-refractivity contribution in [2.75, 3.05) is 0 Å². The van der Waals surface area contributed by atoms with Gasteiger partial charge in [-0.05, 0) is 82.9 Å². The van der Waals surface area contributed by atoms with E-state index in [1.807, 2.05) is 36.4 Å². The first kappa shape index (κ1) is 38.8. The first-order chi connectivity index (χ1) is 34.2. The quantitative estimate of drug-likeness (QED) is 0.160. The summed E-state index contributed by atoms with van der Waals surface area (Å²) in [5.74, 6) is 1.78. The van der Waals surface area contributed by atoms with Crippen LogP contribution in [0.3, 0.4) is 0 Å². The second-order valence-corrected chi connectivity index (χ2v) is 17.6. The van der Waals surface area contributed by atoms with Gasteiger partial charge in [0.15, 0.2) is 11.6 Å². The molecule has 4 aromatic heterocycles. The molecule has 0 spiro atoms. The number of aromatic nitrogens is 6. The minimum absolute atomic E-state index is 0.556. The maximum atomic E-state index is 5.29. The summed E-state index contributed by atoms with van der Waals surface area (Å²) in [7, 11) is 0. The average Bonchev–Trinajstić information content (AvgIpc) is 4.07. The first-order valence-electron chi connectivity index (χ1n) is 23.4. The van der Waals surface area contributed by atoms with E-state index < -0.39 is 0 Å². The monoisotopic (exact) mass is 880 g/mol. The molecule has 6 heteroatoms. The summed E-state index contributed by atoms with van der Waals surface area (Å²) in [4.78, 5) is 15.7. The van der Waals surface area contributed by atoms with Gasteiger partial charge in [0.25, 0.3) is 0 Å². The zero-order valence-electron chi connectivity index (χ0n) is 37.3. The van der Waals surface area contributed by atoms with Crippen molar-refractivity contribution >= 4 is 65.4 Å². The molecule has 0 bridgehead atoms. The Labute approximate surface area is 397 Å². The van der Waals surface area contributed by atoms with Crippen LogP contribution in [0.2, 0.25) is 0 Å². The van der Waals surface area contributed by atoms with Crippen molar-refractivity contribution in [1.82, 2.24) is 28.7 Å². The van der Waals surface area contributed by atoms with Gasteiger partial charge in [-0.3, -0.25) is 4.57 Å². The smallest absolute Gasteiger partial charge is 0.238 e. The minimum atomic E-state index is 0.556. The van der Waals surface area contributed by atoms with Crippen molar-refractivity contribution < 1.29 is 0 Å². The number of rotatable bonds is 7. The van der Waals surface area contributed by atoms with Crippen LogP contribution < -0.4 is 0 Å². The van der Waals surface area contributed by atoms with Gasteiger partial charge in [-0.15, -0.1) is 0 Å². The van der Waals surface area contributed by atoms with E-state index in [1.54, 1.807) is 0 Å². The van der Waals surface area contributed by atoms with Crippen molar-refractivity contribution in [3.63, 3.8) is 0 Å². The Morgan fingerprint density at radius 3 is 0.913 bits per heavy atom. The molecule has 0 atom stereocenters. The van der Waals surface area contributed by atoms with Crippen molar-refractivity contribution in [2.45, 2.75) is 0 Å². The lowest BCUT2D eigenvalue weighted by molar-refractivity contribution is 0.953. The average molecular weight is 881 g/mol. The SMILES string of the molecule is c1ccc(-c2nc(-c3ccccc3)nc(-n3c4cc(-c5ccc(-n6c7ccccc7c7ccccc76)cc5)ccc4c4ccc(-c5ccc(-n6c7ccccc7c7ccccc76)cc5)cc43)n2)cc1. The molecule has 0 fully saturated rings. The van der Waals surface area contributed by atoms with Gasteiger partial charge in [0.1, 0.15) is 0 Å². The zero-order valence-corrected chi connectivity index (χ0v) is 37.3. The predicted octanol–water partition coefficient (Wildman–Crippen LogP) is 15.8. The highest BCUT2D eigenvalue weighted by Crippen LogP contribution is 2.39. The van der Waals surface area contributed by atoms with Crippen molar-refractivity contribution in [1.29, 1.82) is 0 Å². The molecule has 0 aliphatic carbocycles. The van der Waals surface area contributed by atoms with E-state index >= 15 is 0 Å². The predicted molar refractivity (Wildman–Crippen MR) is 285 cm³/mol. The third kappa shape index (κ3) is 6.30. The second-order valence-electron chi connectivity index (χ2n) is 17.6. The maximum absolute atomic E-state index is 5.29. The van der Waals surface area contributed by atoms with Gasteiger partial charge in [0.2, 0.25) is 5.95 Å². The summed E-state index contributed by atoms with van der Waals surface area (Å²) >= 11 is 0. The van der Waals surface area contributed by atoms with E-state index in [9.17, 15) is 0 Å². The summed E-state index contributed by atoms with van der Waals surface area (Å²) in [5.41, 5.74) is 15.3. The molecule has 10 aromatic carbocycles. The van der Waals surface area contributed by atoms with Gasteiger partial charge in [0.05, 0.1) is 33.1 Å². The lowest BCUT2D eigenvalue weighted by Crippen LogP contribution is -2.06. The molecule has 0 saturated heterocycles. The highest BCUT2D eigenvalue weighted by atomic mass is 15.2. The summed E-state index contributed by atoms with van der Waals surface area (Å²) in [6, 6.07) is 86.4. The van der Waals surface area contributed by atoms with Crippen LogP contribution >= 0.6 is 0 Å². The van der Waals surface area contributed by atoms with Crippen molar-refractivity contribution in [3.8, 4) is 62.4 Å². The molecule has 14 rings (SSSR count). The van der Waals surface area contributed by atoms with E-state index in [0.29, 0.717) is 17.6 Å². The van der Waals surface area contributed by atoms with E-state index in [4.69, 9.17) is 15.0 Å². The van der Waals surface area contributed by atoms with Crippen LogP contribution in [-0.2, 0) is 0 Å². The lowest BCUT2D eigenvalue weighted by atomic mass is 10.0. The van der Waals surface area contributed by atoms with Crippen molar-refractivity contribution in [2.24, 2.45) is 0 Å². The summed E-state index contributed by atoms with van der Waals surface area (Å²) < 4.78 is 6.96. The summed E-state index contributed by atoms with van der Waals surface area (Å²) in [6.45, 7) is 0. The van der Waals surface area contributed by atoms with Crippen LogP contribution in [0.15, 0.2) is 243 Å². The third-order valence-corrected chi connectivity index (χ3v) is 13.7. The van der Waals surface area contributed by atoms with Gasteiger partial charge in [-0.1, -0.05) is 182 Å². The van der Waals surface area contributed by atoms with Crippen LogP contribution in [0.5, 0.6) is 0 Å². The molecule has 6 nitrogen and oxygen atoms in total. The van der Waals surface area contributed by atoms with Crippen LogP contribution in [0.1, 0.15) is 0 Å². The van der Waals surface area contributed by atoms with Crippen molar-refractivity contribution in [3.05, 3.63) is 243 Å². The molecule has 0 saturated carbocycles. The molecular weight excluding hydrogens is 841 g/mol. The maximum Gasteiger partial charge on any atom is 0.238 e. The molecular formula is C63H40N6. The molecule has 0 N–H and O–H groups in total. The molecule has 69 heavy (non-hydrogen) atoms. The molecule has 0 aliphatic rings. The molecule has 4 heterocycles. The van der Waals surface area contributed by atoms with E-state index in [0.717, 1.165) is 66.6 Å². The molecule has 0 radical (unpaired) electrons. The van der Waals surface area contributed by atoms with Gasteiger partial charge in [-0.25, -0.2) is 4.98 Å². The molecule has 0 aliphatic heterocycles. The molecule has 322 valence electrons. The normalized spacial score (nSPS) is 11.8. The fourth-order valence-corrected chi connectivity index (χ4v) is 10.5. The highest BCUT2D eigenvalue weighted by Gasteiger charge is 2.20. The highest BCUT2D eigenvalue weighted by molar-refractivity contribution is 6.12. The van der Waals surface area contributed by atoms with Crippen LogP contribution in [0.25, 0.3) is 128 Å². The minimum Gasteiger partial charge on any atom is -0.309 e. The lowest BCUT2D eigenvalue weighted by Gasteiger charge is -2.12. The molecule has 14 aromatic rings.